The average Bonchev–Trinajstić information content (AvgIpc) is 2.99. The molecule has 1 aromatic carbocycles. The number of nitrogens with one attached hydrogen (secondary N) is 1. The fourth-order valence-electron chi connectivity index (χ4n) is 2.97. The highest BCUT2D eigenvalue weighted by atomic mass is 32.2. The molecule has 7 nitrogen and oxygen atoms in total. The summed E-state index contributed by atoms with van der Waals surface area (Å²) in [5.41, 5.74) is 1.68. The molecule has 1 fully saturated rings. The zero-order valence-electron chi connectivity index (χ0n) is 13.7. The van der Waals surface area contributed by atoms with E-state index in [0.29, 0.717) is 32.6 Å². The molecule has 24 heavy (non-hydrogen) atoms. The van der Waals surface area contributed by atoms with Gasteiger partial charge in [-0.1, -0.05) is 0 Å². The molecular formula is C16H22N2O5S. The second-order valence-electron chi connectivity index (χ2n) is 5.92. The Balaban J connectivity index is 1.63. The van der Waals surface area contributed by atoms with Gasteiger partial charge in [-0.25, -0.2) is 13.1 Å². The van der Waals surface area contributed by atoms with Crippen LogP contribution in [0.3, 0.4) is 0 Å². The van der Waals surface area contributed by atoms with E-state index in [-0.39, 0.29) is 23.6 Å². The van der Waals surface area contributed by atoms with E-state index in [9.17, 15) is 13.2 Å². The third-order valence-corrected chi connectivity index (χ3v) is 5.66. The maximum atomic E-state index is 12.4. The third kappa shape index (κ3) is 3.77. The summed E-state index contributed by atoms with van der Waals surface area (Å²) in [4.78, 5) is 13.4. The number of ether oxygens (including phenoxy) is 2. The van der Waals surface area contributed by atoms with E-state index in [1.807, 2.05) is 0 Å². The number of carbonyl (C=O) groups is 1. The molecule has 1 saturated heterocycles. The molecule has 3 rings (SSSR count). The summed E-state index contributed by atoms with van der Waals surface area (Å²) in [6.07, 6.45) is 1.67. The van der Waals surface area contributed by atoms with Gasteiger partial charge in [0.25, 0.3) is 0 Å². The van der Waals surface area contributed by atoms with Crippen molar-refractivity contribution in [2.45, 2.75) is 37.4 Å². The number of amides is 1. The normalized spacial score (nSPS) is 18.6. The third-order valence-electron chi connectivity index (χ3n) is 4.21. The SMILES string of the molecule is CC(=O)N1CCc2cc(S(=O)(=O)NCCC3OCCCO3)ccc21. The number of rotatable bonds is 5. The van der Waals surface area contributed by atoms with Crippen LogP contribution in [-0.2, 0) is 30.7 Å². The highest BCUT2D eigenvalue weighted by Crippen LogP contribution is 2.30. The number of hydrogen-bond acceptors (Lipinski definition) is 5. The average molecular weight is 354 g/mol. The van der Waals surface area contributed by atoms with Crippen molar-refractivity contribution in [2.75, 3.05) is 31.2 Å². The van der Waals surface area contributed by atoms with Crippen LogP contribution >= 0.6 is 0 Å². The van der Waals surface area contributed by atoms with Crippen molar-refractivity contribution in [3.8, 4) is 0 Å². The summed E-state index contributed by atoms with van der Waals surface area (Å²) in [7, 11) is -3.58. The quantitative estimate of drug-likeness (QED) is 0.854. The molecule has 1 aromatic rings. The molecule has 0 aromatic heterocycles. The van der Waals surface area contributed by atoms with Crippen molar-refractivity contribution in [3.05, 3.63) is 23.8 Å². The van der Waals surface area contributed by atoms with E-state index in [2.05, 4.69) is 4.72 Å². The van der Waals surface area contributed by atoms with Gasteiger partial charge in [-0.05, 0) is 36.6 Å². The fourth-order valence-corrected chi connectivity index (χ4v) is 4.07. The first kappa shape index (κ1) is 17.3. The van der Waals surface area contributed by atoms with Gasteiger partial charge in [0.2, 0.25) is 15.9 Å². The van der Waals surface area contributed by atoms with E-state index in [0.717, 1.165) is 17.7 Å². The molecule has 1 N–H and O–H groups in total. The Kier molecular flexibility index (Phi) is 5.19. The molecule has 0 spiro atoms. The van der Waals surface area contributed by atoms with Crippen LogP contribution in [0.25, 0.3) is 0 Å². The first-order valence-electron chi connectivity index (χ1n) is 8.11. The number of sulfonamides is 1. The largest absolute Gasteiger partial charge is 0.353 e. The summed E-state index contributed by atoms with van der Waals surface area (Å²) in [5, 5.41) is 0. The minimum absolute atomic E-state index is 0.0324. The Morgan fingerprint density at radius 1 is 1.33 bits per heavy atom. The number of hydrogen-bond donors (Lipinski definition) is 1. The van der Waals surface area contributed by atoms with Crippen LogP contribution < -0.4 is 9.62 Å². The zero-order chi connectivity index (χ0) is 17.2. The number of benzene rings is 1. The number of nitrogens with zero attached hydrogens (tertiary/aromatic N) is 1. The van der Waals surface area contributed by atoms with E-state index >= 15 is 0 Å². The van der Waals surface area contributed by atoms with Gasteiger partial charge in [-0.15, -0.1) is 0 Å². The standard InChI is InChI=1S/C16H22N2O5S/c1-12(19)18-8-6-13-11-14(3-4-15(13)18)24(20,21)17-7-5-16-22-9-2-10-23-16/h3-4,11,16-17H,2,5-10H2,1H3. The molecule has 132 valence electrons. The molecule has 0 atom stereocenters. The maximum absolute atomic E-state index is 12.4. The summed E-state index contributed by atoms with van der Waals surface area (Å²) < 4.78 is 38.2. The lowest BCUT2D eigenvalue weighted by molar-refractivity contribution is -0.180. The zero-order valence-corrected chi connectivity index (χ0v) is 14.5. The van der Waals surface area contributed by atoms with Gasteiger partial charge in [0.05, 0.1) is 18.1 Å². The summed E-state index contributed by atoms with van der Waals surface area (Å²) in [6.45, 7) is 3.65. The van der Waals surface area contributed by atoms with Crippen LogP contribution in [0.1, 0.15) is 25.3 Å². The molecule has 0 aliphatic carbocycles. The monoisotopic (exact) mass is 354 g/mol. The van der Waals surface area contributed by atoms with Gasteiger partial charge < -0.3 is 14.4 Å². The minimum Gasteiger partial charge on any atom is -0.353 e. The van der Waals surface area contributed by atoms with Gasteiger partial charge >= 0.3 is 0 Å². The molecule has 8 heteroatoms. The van der Waals surface area contributed by atoms with Gasteiger partial charge in [-0.3, -0.25) is 4.79 Å². The van der Waals surface area contributed by atoms with Gasteiger partial charge in [0.15, 0.2) is 6.29 Å². The molecule has 2 aliphatic heterocycles. The Bertz CT molecular complexity index is 713. The van der Waals surface area contributed by atoms with Crippen LogP contribution in [0.2, 0.25) is 0 Å². The van der Waals surface area contributed by atoms with Crippen molar-refractivity contribution < 1.29 is 22.7 Å². The molecule has 2 heterocycles. The van der Waals surface area contributed by atoms with Crippen LogP contribution in [0.4, 0.5) is 5.69 Å². The van der Waals surface area contributed by atoms with Gasteiger partial charge in [-0.2, -0.15) is 0 Å². The van der Waals surface area contributed by atoms with Crippen molar-refractivity contribution >= 4 is 21.6 Å². The predicted molar refractivity (Wildman–Crippen MR) is 88.3 cm³/mol. The second-order valence-corrected chi connectivity index (χ2v) is 7.69. The smallest absolute Gasteiger partial charge is 0.240 e. The molecule has 0 saturated carbocycles. The van der Waals surface area contributed by atoms with E-state index in [1.165, 1.54) is 13.0 Å². The topological polar surface area (TPSA) is 84.9 Å². The van der Waals surface area contributed by atoms with Crippen LogP contribution in [-0.4, -0.2) is 46.9 Å². The van der Waals surface area contributed by atoms with E-state index < -0.39 is 10.0 Å². The Morgan fingerprint density at radius 2 is 2.08 bits per heavy atom. The van der Waals surface area contributed by atoms with Gasteiger partial charge in [0, 0.05) is 32.1 Å². The lowest BCUT2D eigenvalue weighted by Gasteiger charge is -2.23. The van der Waals surface area contributed by atoms with Crippen molar-refractivity contribution in [1.82, 2.24) is 4.72 Å². The summed E-state index contributed by atoms with van der Waals surface area (Å²) >= 11 is 0. The second kappa shape index (κ2) is 7.18. The van der Waals surface area contributed by atoms with Crippen molar-refractivity contribution in [3.63, 3.8) is 0 Å². The van der Waals surface area contributed by atoms with Crippen LogP contribution in [0, 0.1) is 0 Å². The van der Waals surface area contributed by atoms with Crippen LogP contribution in [0.5, 0.6) is 0 Å². The predicted octanol–water partition coefficient (Wildman–Crippen LogP) is 1.03. The van der Waals surface area contributed by atoms with Crippen molar-refractivity contribution in [1.29, 1.82) is 0 Å². The summed E-state index contributed by atoms with van der Waals surface area (Å²) in [6, 6.07) is 4.88. The molecule has 0 unspecified atom stereocenters. The molecular weight excluding hydrogens is 332 g/mol. The Hall–Kier alpha value is -1.48. The van der Waals surface area contributed by atoms with E-state index in [1.54, 1.807) is 17.0 Å². The van der Waals surface area contributed by atoms with Crippen LogP contribution in [0.15, 0.2) is 23.1 Å². The first-order valence-corrected chi connectivity index (χ1v) is 9.59. The number of carbonyl (C=O) groups excluding carboxylic acids is 1. The summed E-state index contributed by atoms with van der Waals surface area (Å²) in [5.74, 6) is -0.0324. The molecule has 1 amide bonds. The van der Waals surface area contributed by atoms with E-state index in [4.69, 9.17) is 9.47 Å². The highest BCUT2D eigenvalue weighted by Gasteiger charge is 2.25. The Morgan fingerprint density at radius 3 is 2.79 bits per heavy atom. The minimum atomic E-state index is -3.58. The highest BCUT2D eigenvalue weighted by molar-refractivity contribution is 7.89. The first-order chi connectivity index (χ1) is 11.5. The maximum Gasteiger partial charge on any atom is 0.240 e. The van der Waals surface area contributed by atoms with Gasteiger partial charge in [0.1, 0.15) is 0 Å². The molecule has 0 radical (unpaired) electrons. The fraction of sp³-hybridized carbons (Fsp3) is 0.562. The van der Waals surface area contributed by atoms with Crippen molar-refractivity contribution in [2.24, 2.45) is 0 Å². The lowest BCUT2D eigenvalue weighted by Crippen LogP contribution is -2.31. The Labute approximate surface area is 142 Å². The molecule has 0 bridgehead atoms. The molecule has 2 aliphatic rings. The number of fused-ring (bicyclic) bond motifs is 1. The lowest BCUT2D eigenvalue weighted by atomic mass is 10.2. The number of anilines is 1.